The predicted molar refractivity (Wildman–Crippen MR) is 81.8 cm³/mol. The van der Waals surface area contributed by atoms with E-state index in [2.05, 4.69) is 21.2 Å². The van der Waals surface area contributed by atoms with Gasteiger partial charge in [0.05, 0.1) is 6.42 Å². The maximum Gasteiger partial charge on any atom is 0.311 e. The average Bonchev–Trinajstić information content (AvgIpc) is 2.92. The summed E-state index contributed by atoms with van der Waals surface area (Å²) in [6, 6.07) is 10.9. The van der Waals surface area contributed by atoms with Crippen LogP contribution < -0.4 is 5.32 Å². The number of nitrogens with one attached hydrogen (secondary N) is 1. The quantitative estimate of drug-likeness (QED) is 0.839. The maximum atomic E-state index is 11.6. The van der Waals surface area contributed by atoms with Gasteiger partial charge in [0, 0.05) is 15.0 Å². The normalized spacial score (nSPS) is 10.1. The number of esters is 1. The van der Waals surface area contributed by atoms with Gasteiger partial charge in [-0.05, 0) is 35.7 Å². The van der Waals surface area contributed by atoms with Crippen molar-refractivity contribution in [3.8, 4) is 0 Å². The Bertz CT molecular complexity index is 581. The first-order valence-corrected chi connectivity index (χ1v) is 7.54. The summed E-state index contributed by atoms with van der Waals surface area (Å²) in [7, 11) is 0. The van der Waals surface area contributed by atoms with Gasteiger partial charge in [0.15, 0.2) is 6.61 Å². The van der Waals surface area contributed by atoms with Crippen molar-refractivity contribution in [2.24, 2.45) is 0 Å². The molecular formula is C14H12BrNO3S. The minimum atomic E-state index is -0.404. The third-order valence-corrected chi connectivity index (χ3v) is 3.80. The van der Waals surface area contributed by atoms with Crippen LogP contribution in [0.1, 0.15) is 4.88 Å². The van der Waals surface area contributed by atoms with Gasteiger partial charge in [0.25, 0.3) is 5.91 Å². The lowest BCUT2D eigenvalue weighted by Crippen LogP contribution is -2.21. The van der Waals surface area contributed by atoms with Crippen LogP contribution >= 0.6 is 27.3 Å². The van der Waals surface area contributed by atoms with Crippen molar-refractivity contribution < 1.29 is 14.3 Å². The number of hydrogen-bond donors (Lipinski definition) is 1. The van der Waals surface area contributed by atoms with Gasteiger partial charge >= 0.3 is 5.97 Å². The number of halogens is 1. The van der Waals surface area contributed by atoms with Crippen LogP contribution in [0.5, 0.6) is 0 Å². The topological polar surface area (TPSA) is 55.4 Å². The molecule has 0 unspecified atom stereocenters. The third kappa shape index (κ3) is 4.79. The highest BCUT2D eigenvalue weighted by Crippen LogP contribution is 2.14. The van der Waals surface area contributed by atoms with Gasteiger partial charge in [0.1, 0.15) is 0 Å². The van der Waals surface area contributed by atoms with Crippen LogP contribution in [-0.4, -0.2) is 18.5 Å². The van der Waals surface area contributed by atoms with Gasteiger partial charge < -0.3 is 10.1 Å². The standard InChI is InChI=1S/C14H12BrNO3S/c15-10-3-5-11(6-4-10)16-13(17)9-19-14(18)8-12-2-1-7-20-12/h1-7H,8-9H2,(H,16,17). The third-order valence-electron chi connectivity index (χ3n) is 2.39. The van der Waals surface area contributed by atoms with E-state index in [9.17, 15) is 9.59 Å². The summed E-state index contributed by atoms with van der Waals surface area (Å²) in [4.78, 5) is 24.0. The van der Waals surface area contributed by atoms with E-state index in [1.807, 2.05) is 29.6 Å². The Balaban J connectivity index is 1.74. The van der Waals surface area contributed by atoms with E-state index in [1.54, 1.807) is 12.1 Å². The maximum absolute atomic E-state index is 11.6. The predicted octanol–water partition coefficient (Wildman–Crippen LogP) is 3.24. The molecule has 1 amide bonds. The van der Waals surface area contributed by atoms with Crippen molar-refractivity contribution >= 4 is 44.8 Å². The summed E-state index contributed by atoms with van der Waals surface area (Å²) >= 11 is 4.79. The largest absolute Gasteiger partial charge is 0.455 e. The number of carbonyl (C=O) groups is 2. The average molecular weight is 354 g/mol. The summed E-state index contributed by atoms with van der Waals surface area (Å²) < 4.78 is 5.85. The smallest absolute Gasteiger partial charge is 0.311 e. The monoisotopic (exact) mass is 353 g/mol. The fourth-order valence-electron chi connectivity index (χ4n) is 1.48. The first-order chi connectivity index (χ1) is 9.63. The van der Waals surface area contributed by atoms with E-state index in [0.717, 1.165) is 9.35 Å². The second kappa shape index (κ2) is 7.21. The van der Waals surface area contributed by atoms with Crippen molar-refractivity contribution in [2.75, 3.05) is 11.9 Å². The lowest BCUT2D eigenvalue weighted by Gasteiger charge is -2.06. The minimum Gasteiger partial charge on any atom is -0.455 e. The lowest BCUT2D eigenvalue weighted by atomic mass is 10.3. The Hall–Kier alpha value is -1.66. The van der Waals surface area contributed by atoms with Crippen LogP contribution in [0.2, 0.25) is 0 Å². The summed E-state index contributed by atoms with van der Waals surface area (Å²) in [6.45, 7) is -0.278. The fourth-order valence-corrected chi connectivity index (χ4v) is 2.44. The zero-order valence-electron chi connectivity index (χ0n) is 10.5. The molecule has 0 aliphatic rings. The Morgan fingerprint density at radius 1 is 1.20 bits per heavy atom. The molecule has 0 saturated carbocycles. The molecule has 0 atom stereocenters. The van der Waals surface area contributed by atoms with E-state index in [4.69, 9.17) is 4.74 Å². The second-order valence-corrected chi connectivity index (χ2v) is 5.92. The van der Waals surface area contributed by atoms with Gasteiger partial charge in [-0.2, -0.15) is 0 Å². The number of ether oxygens (including phenoxy) is 1. The zero-order chi connectivity index (χ0) is 14.4. The van der Waals surface area contributed by atoms with E-state index in [0.29, 0.717) is 5.69 Å². The molecule has 2 rings (SSSR count). The lowest BCUT2D eigenvalue weighted by molar-refractivity contribution is -0.146. The minimum absolute atomic E-state index is 0.198. The SMILES string of the molecule is O=C(COC(=O)Cc1cccs1)Nc1ccc(Br)cc1. The number of rotatable bonds is 5. The van der Waals surface area contributed by atoms with Crippen LogP contribution in [0.3, 0.4) is 0 Å². The molecule has 1 N–H and O–H groups in total. The van der Waals surface area contributed by atoms with E-state index >= 15 is 0 Å². The van der Waals surface area contributed by atoms with Crippen molar-refractivity contribution in [1.82, 2.24) is 0 Å². The molecule has 6 heteroatoms. The van der Waals surface area contributed by atoms with Gasteiger partial charge in [-0.25, -0.2) is 0 Å². The molecule has 0 radical (unpaired) electrons. The molecule has 1 aromatic heterocycles. The van der Waals surface area contributed by atoms with Gasteiger partial charge in [0.2, 0.25) is 0 Å². The molecule has 4 nitrogen and oxygen atoms in total. The first kappa shape index (κ1) is 14.7. The molecular weight excluding hydrogens is 342 g/mol. The molecule has 0 aliphatic carbocycles. The number of hydrogen-bond acceptors (Lipinski definition) is 4. The molecule has 2 aromatic rings. The number of anilines is 1. The van der Waals surface area contributed by atoms with Gasteiger partial charge in [-0.3, -0.25) is 9.59 Å². The molecule has 1 heterocycles. The van der Waals surface area contributed by atoms with Crippen LogP contribution in [-0.2, 0) is 20.7 Å². The molecule has 0 saturated heterocycles. The highest BCUT2D eigenvalue weighted by molar-refractivity contribution is 9.10. The second-order valence-electron chi connectivity index (χ2n) is 3.97. The molecule has 0 bridgehead atoms. The van der Waals surface area contributed by atoms with E-state index < -0.39 is 5.97 Å². The fraction of sp³-hybridized carbons (Fsp3) is 0.143. The van der Waals surface area contributed by atoms with Gasteiger partial charge in [-0.15, -0.1) is 11.3 Å². The molecule has 1 aromatic carbocycles. The Morgan fingerprint density at radius 2 is 1.95 bits per heavy atom. The summed E-state index contributed by atoms with van der Waals surface area (Å²) in [5, 5.41) is 4.54. The molecule has 20 heavy (non-hydrogen) atoms. The molecule has 0 spiro atoms. The van der Waals surface area contributed by atoms with Crippen molar-refractivity contribution in [1.29, 1.82) is 0 Å². The molecule has 104 valence electrons. The first-order valence-electron chi connectivity index (χ1n) is 5.87. The Labute approximate surface area is 128 Å². The van der Waals surface area contributed by atoms with Crippen LogP contribution in [0.15, 0.2) is 46.3 Å². The van der Waals surface area contributed by atoms with Crippen LogP contribution in [0.25, 0.3) is 0 Å². The van der Waals surface area contributed by atoms with Crippen molar-refractivity contribution in [2.45, 2.75) is 6.42 Å². The van der Waals surface area contributed by atoms with Gasteiger partial charge in [-0.1, -0.05) is 22.0 Å². The highest BCUT2D eigenvalue weighted by Gasteiger charge is 2.09. The molecule has 0 fully saturated rings. The van der Waals surface area contributed by atoms with E-state index in [-0.39, 0.29) is 18.9 Å². The number of carbonyl (C=O) groups excluding carboxylic acids is 2. The van der Waals surface area contributed by atoms with Crippen molar-refractivity contribution in [3.63, 3.8) is 0 Å². The Morgan fingerprint density at radius 3 is 2.60 bits per heavy atom. The van der Waals surface area contributed by atoms with E-state index in [1.165, 1.54) is 11.3 Å². The number of thiophene rings is 1. The number of benzene rings is 1. The zero-order valence-corrected chi connectivity index (χ0v) is 12.9. The van der Waals surface area contributed by atoms with Crippen LogP contribution in [0, 0.1) is 0 Å². The van der Waals surface area contributed by atoms with Crippen LogP contribution in [0.4, 0.5) is 5.69 Å². The molecule has 0 aliphatic heterocycles. The number of amides is 1. The Kier molecular flexibility index (Phi) is 5.31. The summed E-state index contributed by atoms with van der Waals surface area (Å²) in [5.74, 6) is -0.759. The summed E-state index contributed by atoms with van der Waals surface area (Å²) in [6.07, 6.45) is 0.198. The highest BCUT2D eigenvalue weighted by atomic mass is 79.9. The summed E-state index contributed by atoms with van der Waals surface area (Å²) in [5.41, 5.74) is 0.660. The van der Waals surface area contributed by atoms with Crippen molar-refractivity contribution in [3.05, 3.63) is 51.1 Å².